The van der Waals surface area contributed by atoms with Crippen LogP contribution >= 0.6 is 0 Å². The van der Waals surface area contributed by atoms with Gasteiger partial charge in [-0.25, -0.2) is 13.1 Å². The van der Waals surface area contributed by atoms with Gasteiger partial charge in [0.2, 0.25) is 15.9 Å². The van der Waals surface area contributed by atoms with E-state index in [-0.39, 0.29) is 4.90 Å². The first-order valence-corrected chi connectivity index (χ1v) is 10.5. The fourth-order valence-corrected chi connectivity index (χ4v) is 4.12. The maximum Gasteiger partial charge on any atom is 0.248 e. The van der Waals surface area contributed by atoms with Gasteiger partial charge in [-0.3, -0.25) is 9.78 Å². The summed E-state index contributed by atoms with van der Waals surface area (Å²) in [7, 11) is -2.08. The number of nitrogens with zero attached hydrogens (tertiary/aromatic N) is 1. The number of aromatic nitrogens is 1. The second-order valence-corrected chi connectivity index (χ2v) is 8.60. The van der Waals surface area contributed by atoms with Crippen LogP contribution in [0.15, 0.2) is 71.8 Å². The number of fused-ring (bicyclic) bond motifs is 1. The highest BCUT2D eigenvalue weighted by molar-refractivity contribution is 7.89. The van der Waals surface area contributed by atoms with Crippen LogP contribution in [0.3, 0.4) is 0 Å². The van der Waals surface area contributed by atoms with E-state index in [4.69, 9.17) is 5.73 Å². The number of carbonyl (C=O) groups is 1. The standard InChI is InChI=1S/C22H19N3O3S/c1-24-29(27,28)18-8-6-14(7-9-18)17-12-20-19(10-11-21(20)25-13-17)15-2-4-16(5-3-15)22(23)26/h2-10,12-13,24H,11H2,1H3,(H2,23,26). The average molecular weight is 405 g/mol. The number of hydrogen-bond donors (Lipinski definition) is 2. The molecule has 3 aromatic rings. The van der Waals surface area contributed by atoms with Crippen LogP contribution in [0, 0.1) is 0 Å². The number of allylic oxidation sites excluding steroid dienone is 1. The molecular weight excluding hydrogens is 386 g/mol. The number of nitrogens with one attached hydrogen (secondary N) is 1. The van der Waals surface area contributed by atoms with Crippen molar-refractivity contribution in [1.82, 2.24) is 9.71 Å². The first-order valence-electron chi connectivity index (χ1n) is 9.03. The molecule has 0 spiro atoms. The number of nitrogens with two attached hydrogens (primary N) is 1. The summed E-state index contributed by atoms with van der Waals surface area (Å²) in [5.41, 5.74) is 11.6. The van der Waals surface area contributed by atoms with E-state index in [2.05, 4.69) is 21.8 Å². The Hall–Kier alpha value is -3.29. The summed E-state index contributed by atoms with van der Waals surface area (Å²) in [5.74, 6) is -0.454. The second kappa shape index (κ2) is 7.27. The summed E-state index contributed by atoms with van der Waals surface area (Å²) in [6.45, 7) is 0. The SMILES string of the molecule is CNS(=O)(=O)c1ccc(-c2cnc3c(c2)C(c2ccc(C(N)=O)cc2)=CC3)cc1. The predicted octanol–water partition coefficient (Wildman–Crippen LogP) is 2.74. The Morgan fingerprint density at radius 2 is 1.66 bits per heavy atom. The molecular formula is C22H19N3O3S. The molecule has 4 rings (SSSR count). The molecule has 7 heteroatoms. The van der Waals surface area contributed by atoms with Crippen LogP contribution in [-0.2, 0) is 16.4 Å². The maximum absolute atomic E-state index is 11.9. The minimum absolute atomic E-state index is 0.216. The molecule has 0 fully saturated rings. The lowest BCUT2D eigenvalue weighted by Crippen LogP contribution is -2.18. The number of primary amides is 1. The first kappa shape index (κ1) is 19.0. The van der Waals surface area contributed by atoms with Gasteiger partial charge in [-0.1, -0.05) is 30.3 Å². The highest BCUT2D eigenvalue weighted by Gasteiger charge is 2.18. The van der Waals surface area contributed by atoms with Crippen molar-refractivity contribution in [2.75, 3.05) is 7.05 Å². The van der Waals surface area contributed by atoms with Crippen molar-refractivity contribution < 1.29 is 13.2 Å². The number of amides is 1. The van der Waals surface area contributed by atoms with Gasteiger partial charge in [0.15, 0.2) is 0 Å². The molecule has 0 atom stereocenters. The van der Waals surface area contributed by atoms with Crippen LogP contribution in [-0.4, -0.2) is 26.4 Å². The third-order valence-electron chi connectivity index (χ3n) is 5.01. The van der Waals surface area contributed by atoms with E-state index in [9.17, 15) is 13.2 Å². The van der Waals surface area contributed by atoms with Crippen molar-refractivity contribution >= 4 is 21.5 Å². The van der Waals surface area contributed by atoms with Crippen molar-refractivity contribution in [3.05, 3.63) is 89.3 Å². The van der Waals surface area contributed by atoms with Crippen molar-refractivity contribution in [2.45, 2.75) is 11.3 Å². The molecule has 1 aliphatic carbocycles. The molecule has 0 saturated carbocycles. The molecule has 6 nitrogen and oxygen atoms in total. The van der Waals surface area contributed by atoms with Gasteiger partial charge < -0.3 is 5.73 Å². The van der Waals surface area contributed by atoms with Crippen molar-refractivity contribution in [3.8, 4) is 11.1 Å². The zero-order chi connectivity index (χ0) is 20.6. The molecule has 0 aliphatic heterocycles. The fraction of sp³-hybridized carbons (Fsp3) is 0.0909. The predicted molar refractivity (Wildman–Crippen MR) is 112 cm³/mol. The van der Waals surface area contributed by atoms with Crippen molar-refractivity contribution in [2.24, 2.45) is 5.73 Å². The summed E-state index contributed by atoms with van der Waals surface area (Å²) in [6, 6.07) is 16.0. The van der Waals surface area contributed by atoms with Crippen LogP contribution in [0.5, 0.6) is 0 Å². The Morgan fingerprint density at radius 1 is 1.00 bits per heavy atom. The number of hydrogen-bond acceptors (Lipinski definition) is 4. The fourth-order valence-electron chi connectivity index (χ4n) is 3.39. The molecule has 0 saturated heterocycles. The van der Waals surface area contributed by atoms with E-state index in [0.29, 0.717) is 5.56 Å². The van der Waals surface area contributed by atoms with Gasteiger partial charge in [0.1, 0.15) is 0 Å². The van der Waals surface area contributed by atoms with Crippen LogP contribution < -0.4 is 10.5 Å². The Balaban J connectivity index is 1.68. The monoisotopic (exact) mass is 405 g/mol. The highest BCUT2D eigenvalue weighted by atomic mass is 32.2. The van der Waals surface area contributed by atoms with Gasteiger partial charge in [-0.15, -0.1) is 0 Å². The molecule has 0 radical (unpaired) electrons. The highest BCUT2D eigenvalue weighted by Crippen LogP contribution is 2.34. The Bertz CT molecular complexity index is 1230. The Labute approximate surface area is 169 Å². The Morgan fingerprint density at radius 3 is 2.28 bits per heavy atom. The second-order valence-electron chi connectivity index (χ2n) is 6.71. The van der Waals surface area contributed by atoms with E-state index >= 15 is 0 Å². The summed E-state index contributed by atoms with van der Waals surface area (Å²) in [5, 5.41) is 0. The minimum Gasteiger partial charge on any atom is -0.366 e. The largest absolute Gasteiger partial charge is 0.366 e. The van der Waals surface area contributed by atoms with E-state index < -0.39 is 15.9 Å². The number of rotatable bonds is 5. The van der Waals surface area contributed by atoms with Crippen LogP contribution in [0.4, 0.5) is 0 Å². The molecule has 146 valence electrons. The number of benzene rings is 2. The molecule has 1 aliphatic rings. The molecule has 0 unspecified atom stereocenters. The van der Waals surface area contributed by atoms with E-state index in [1.807, 2.05) is 12.1 Å². The maximum atomic E-state index is 11.9. The van der Waals surface area contributed by atoms with Gasteiger partial charge in [0.25, 0.3) is 0 Å². The first-order chi connectivity index (χ1) is 13.9. The molecule has 2 aromatic carbocycles. The normalized spacial score (nSPS) is 13.1. The molecule has 1 aromatic heterocycles. The smallest absolute Gasteiger partial charge is 0.248 e. The van der Waals surface area contributed by atoms with Gasteiger partial charge in [0, 0.05) is 29.3 Å². The molecule has 1 amide bonds. The van der Waals surface area contributed by atoms with Gasteiger partial charge in [-0.2, -0.15) is 0 Å². The number of pyridine rings is 1. The quantitative estimate of drug-likeness (QED) is 0.681. The molecule has 1 heterocycles. The lowest BCUT2D eigenvalue weighted by molar-refractivity contribution is 0.100. The third kappa shape index (κ3) is 3.57. The van der Waals surface area contributed by atoms with Crippen LogP contribution in [0.1, 0.15) is 27.2 Å². The molecule has 29 heavy (non-hydrogen) atoms. The zero-order valence-corrected chi connectivity index (χ0v) is 16.5. The lowest BCUT2D eigenvalue weighted by atomic mass is 9.97. The third-order valence-corrected chi connectivity index (χ3v) is 6.44. The minimum atomic E-state index is -3.47. The van der Waals surface area contributed by atoms with Gasteiger partial charge in [-0.05, 0) is 54.1 Å². The van der Waals surface area contributed by atoms with Crippen LogP contribution in [0.25, 0.3) is 16.7 Å². The van der Waals surface area contributed by atoms with Crippen molar-refractivity contribution in [1.29, 1.82) is 0 Å². The van der Waals surface area contributed by atoms with E-state index in [0.717, 1.165) is 39.9 Å². The topological polar surface area (TPSA) is 102 Å². The molecule has 0 bridgehead atoms. The van der Waals surface area contributed by atoms with Crippen molar-refractivity contribution in [3.63, 3.8) is 0 Å². The number of carbonyl (C=O) groups excluding carboxylic acids is 1. The summed E-state index contributed by atoms with van der Waals surface area (Å²) < 4.78 is 26.1. The van der Waals surface area contributed by atoms with Gasteiger partial charge in [0.05, 0.1) is 10.6 Å². The Kier molecular flexibility index (Phi) is 4.77. The van der Waals surface area contributed by atoms with E-state index in [1.54, 1.807) is 42.6 Å². The summed E-state index contributed by atoms with van der Waals surface area (Å²) in [4.78, 5) is 16.1. The summed E-state index contributed by atoms with van der Waals surface area (Å²) >= 11 is 0. The zero-order valence-electron chi connectivity index (χ0n) is 15.7. The average Bonchev–Trinajstić information content (AvgIpc) is 3.17. The number of sulfonamides is 1. The van der Waals surface area contributed by atoms with Gasteiger partial charge >= 0.3 is 0 Å². The van der Waals surface area contributed by atoms with E-state index in [1.165, 1.54) is 7.05 Å². The summed E-state index contributed by atoms with van der Waals surface area (Å²) in [6.07, 6.45) is 4.65. The lowest BCUT2D eigenvalue weighted by Gasteiger charge is -2.10. The van der Waals surface area contributed by atoms with Crippen LogP contribution in [0.2, 0.25) is 0 Å². The molecule has 3 N–H and O–H groups in total.